The lowest BCUT2D eigenvalue weighted by molar-refractivity contribution is 0.0517. The average Bonchev–Trinajstić information content (AvgIpc) is 3.08. The van der Waals surface area contributed by atoms with E-state index in [0.717, 1.165) is 0 Å². The summed E-state index contributed by atoms with van der Waals surface area (Å²) in [6.45, 7) is 12.7. The van der Waals surface area contributed by atoms with Crippen LogP contribution < -0.4 is 14.2 Å². The molecule has 248 valence electrons. The van der Waals surface area contributed by atoms with E-state index in [1.165, 1.54) is 18.8 Å². The molecule has 3 aromatic carbocycles. The van der Waals surface area contributed by atoms with Gasteiger partial charge in [-0.2, -0.15) is 0 Å². The summed E-state index contributed by atoms with van der Waals surface area (Å²) in [6.07, 6.45) is 9.63. The summed E-state index contributed by atoms with van der Waals surface area (Å²) in [5.41, 5.74) is 0.444. The Morgan fingerprint density at radius 1 is 0.532 bits per heavy atom. The van der Waals surface area contributed by atoms with Crippen LogP contribution in [0.1, 0.15) is 96.2 Å². The van der Waals surface area contributed by atoms with Crippen LogP contribution in [0.4, 0.5) is 0 Å². The molecule has 47 heavy (non-hydrogen) atoms. The Balaban J connectivity index is 2.56. The monoisotopic (exact) mass is 642 g/mol. The summed E-state index contributed by atoms with van der Waals surface area (Å²) in [7, 11) is 0. The van der Waals surface area contributed by atoms with E-state index in [1.54, 1.807) is 114 Å². The minimum absolute atomic E-state index is 0.116. The minimum atomic E-state index is -1.37. The number of esters is 3. The van der Waals surface area contributed by atoms with Gasteiger partial charge in [0.1, 0.15) is 17.2 Å². The van der Waals surface area contributed by atoms with Crippen molar-refractivity contribution in [2.24, 2.45) is 0 Å². The van der Waals surface area contributed by atoms with Gasteiger partial charge in [0.15, 0.2) is 0 Å². The molecule has 0 radical (unpaired) electrons. The fraction of sp³-hybridized carbons (Fsp3) is 0.289. The maximum absolute atomic E-state index is 13.7. The summed E-state index contributed by atoms with van der Waals surface area (Å²) < 4.78 is 33.7. The number of hydrogen-bond donors (Lipinski definition) is 0. The van der Waals surface area contributed by atoms with Crippen molar-refractivity contribution >= 4 is 17.9 Å². The number of hydrogen-bond acceptors (Lipinski definition) is 9. The number of carbonyl (C=O) groups excluding carboxylic acids is 3. The molecule has 0 aliphatic heterocycles. The van der Waals surface area contributed by atoms with Crippen LogP contribution in [0.5, 0.6) is 17.2 Å². The maximum atomic E-state index is 13.7. The van der Waals surface area contributed by atoms with Gasteiger partial charge in [-0.15, -0.1) is 0 Å². The first kappa shape index (κ1) is 36.2. The molecule has 0 fully saturated rings. The molecular weight excluding hydrogens is 600 g/mol. The lowest BCUT2D eigenvalue weighted by Crippen LogP contribution is -2.33. The van der Waals surface area contributed by atoms with Gasteiger partial charge in [0, 0.05) is 5.41 Å². The van der Waals surface area contributed by atoms with Crippen molar-refractivity contribution in [3.05, 3.63) is 125 Å². The van der Waals surface area contributed by atoms with Crippen LogP contribution in [0.2, 0.25) is 0 Å². The predicted molar refractivity (Wildman–Crippen MR) is 179 cm³/mol. The van der Waals surface area contributed by atoms with Gasteiger partial charge in [-0.3, -0.25) is 0 Å². The van der Waals surface area contributed by atoms with Gasteiger partial charge < -0.3 is 28.4 Å². The SMILES string of the molecule is CC=COc1ccc(C(C)(c2ccc(OC=CC)cc2C(=O)OCC)c2ccc(OC=CC)cc2C(=O)OCC)c(C(=O)OCC)c1. The molecule has 9 nitrogen and oxygen atoms in total. The minimum Gasteiger partial charge on any atom is -0.465 e. The van der Waals surface area contributed by atoms with Crippen molar-refractivity contribution in [1.82, 2.24) is 0 Å². The first-order valence-electron chi connectivity index (χ1n) is 15.5. The van der Waals surface area contributed by atoms with E-state index < -0.39 is 23.3 Å². The molecule has 3 rings (SSSR count). The molecule has 0 amide bonds. The van der Waals surface area contributed by atoms with Crippen molar-refractivity contribution in [2.45, 2.75) is 53.9 Å². The molecule has 0 aliphatic carbocycles. The number of benzene rings is 3. The molecule has 0 saturated heterocycles. The van der Waals surface area contributed by atoms with Crippen LogP contribution in [-0.2, 0) is 19.6 Å². The highest BCUT2D eigenvalue weighted by Gasteiger charge is 2.41. The Morgan fingerprint density at radius 3 is 1.04 bits per heavy atom. The molecule has 0 bridgehead atoms. The third-order valence-corrected chi connectivity index (χ3v) is 7.10. The van der Waals surface area contributed by atoms with Crippen LogP contribution in [0.3, 0.4) is 0 Å². The van der Waals surface area contributed by atoms with Gasteiger partial charge in [0.05, 0.1) is 55.3 Å². The second-order valence-electron chi connectivity index (χ2n) is 10.2. The van der Waals surface area contributed by atoms with Gasteiger partial charge >= 0.3 is 17.9 Å². The Hall–Kier alpha value is -5.31. The van der Waals surface area contributed by atoms with Crippen LogP contribution in [0.25, 0.3) is 0 Å². The van der Waals surface area contributed by atoms with E-state index in [4.69, 9.17) is 28.4 Å². The standard InChI is InChI=1S/C38H42O9/c1-8-20-45-26-14-17-32(29(23-26)35(39)42-11-4)38(7,33-18-15-27(46-21-9-2)24-30(33)36(40)43-12-5)34-19-16-28(47-22-10-3)25-31(34)37(41)44-13-6/h8-10,14-25H,11-13H2,1-7H3. The Bertz CT molecular complexity index is 1460. The molecule has 0 N–H and O–H groups in total. The second-order valence-corrected chi connectivity index (χ2v) is 10.2. The molecule has 3 aromatic rings. The van der Waals surface area contributed by atoms with Crippen LogP contribution >= 0.6 is 0 Å². The van der Waals surface area contributed by atoms with E-state index >= 15 is 0 Å². The van der Waals surface area contributed by atoms with Crippen molar-refractivity contribution in [2.75, 3.05) is 19.8 Å². The highest BCUT2D eigenvalue weighted by molar-refractivity contribution is 5.97. The van der Waals surface area contributed by atoms with Crippen LogP contribution in [0, 0.1) is 0 Å². The summed E-state index contributed by atoms with van der Waals surface area (Å²) in [5, 5.41) is 0. The summed E-state index contributed by atoms with van der Waals surface area (Å²) >= 11 is 0. The number of allylic oxidation sites excluding steroid dienone is 3. The quantitative estimate of drug-likeness (QED) is 0.0700. The van der Waals surface area contributed by atoms with Crippen LogP contribution in [-0.4, -0.2) is 37.7 Å². The molecule has 0 aliphatic rings. The predicted octanol–water partition coefficient (Wildman–Crippen LogP) is 8.31. The van der Waals surface area contributed by atoms with E-state index in [2.05, 4.69) is 0 Å². The zero-order chi connectivity index (χ0) is 34.4. The molecular formula is C38H42O9. The molecule has 0 spiro atoms. The summed E-state index contributed by atoms with van der Waals surface area (Å²) in [5.74, 6) is -0.681. The molecule has 0 saturated carbocycles. The van der Waals surface area contributed by atoms with Gasteiger partial charge in [-0.05, 0) is 102 Å². The first-order chi connectivity index (χ1) is 22.7. The number of rotatable bonds is 15. The average molecular weight is 643 g/mol. The van der Waals surface area contributed by atoms with E-state index in [0.29, 0.717) is 33.9 Å². The molecule has 0 atom stereocenters. The topological polar surface area (TPSA) is 107 Å². The normalized spacial score (nSPS) is 12.6. The van der Waals surface area contributed by atoms with E-state index in [9.17, 15) is 14.4 Å². The zero-order valence-corrected chi connectivity index (χ0v) is 28.0. The van der Waals surface area contributed by atoms with Gasteiger partial charge in [-0.1, -0.05) is 36.4 Å². The summed E-state index contributed by atoms with van der Waals surface area (Å²) in [4.78, 5) is 41.0. The third kappa shape index (κ3) is 8.49. The Labute approximate surface area is 276 Å². The van der Waals surface area contributed by atoms with E-state index in [-0.39, 0.29) is 36.5 Å². The number of ether oxygens (including phenoxy) is 6. The highest BCUT2D eigenvalue weighted by Crippen LogP contribution is 2.46. The lowest BCUT2D eigenvalue weighted by atomic mass is 9.66. The molecule has 0 heterocycles. The van der Waals surface area contributed by atoms with Crippen molar-refractivity contribution < 1.29 is 42.8 Å². The zero-order valence-electron chi connectivity index (χ0n) is 28.0. The highest BCUT2D eigenvalue weighted by atomic mass is 16.5. The molecule has 0 aromatic heterocycles. The third-order valence-electron chi connectivity index (χ3n) is 7.10. The number of carbonyl (C=O) groups is 3. The lowest BCUT2D eigenvalue weighted by Gasteiger charge is -2.36. The largest absolute Gasteiger partial charge is 0.465 e. The fourth-order valence-corrected chi connectivity index (χ4v) is 5.11. The van der Waals surface area contributed by atoms with Crippen LogP contribution in [0.15, 0.2) is 91.6 Å². The van der Waals surface area contributed by atoms with Crippen molar-refractivity contribution in [3.8, 4) is 17.2 Å². The first-order valence-corrected chi connectivity index (χ1v) is 15.5. The Morgan fingerprint density at radius 2 is 0.809 bits per heavy atom. The van der Waals surface area contributed by atoms with Crippen molar-refractivity contribution in [1.29, 1.82) is 0 Å². The van der Waals surface area contributed by atoms with Crippen molar-refractivity contribution in [3.63, 3.8) is 0 Å². The molecule has 9 heteroatoms. The van der Waals surface area contributed by atoms with Gasteiger partial charge in [0.2, 0.25) is 0 Å². The fourth-order valence-electron chi connectivity index (χ4n) is 5.11. The van der Waals surface area contributed by atoms with Gasteiger partial charge in [0.25, 0.3) is 0 Å². The molecule has 0 unspecified atom stereocenters. The van der Waals surface area contributed by atoms with Gasteiger partial charge in [-0.25, -0.2) is 14.4 Å². The Kier molecular flexibility index (Phi) is 13.4. The van der Waals surface area contributed by atoms with E-state index in [1.807, 2.05) is 6.92 Å². The smallest absolute Gasteiger partial charge is 0.338 e. The second kappa shape index (κ2) is 17.4. The maximum Gasteiger partial charge on any atom is 0.338 e. The summed E-state index contributed by atoms with van der Waals surface area (Å²) in [6, 6.07) is 15.0.